The number of ether oxygens (including phenoxy) is 1. The number of fused-ring (bicyclic) bond motifs is 1. The maximum atomic E-state index is 12.6. The van der Waals surface area contributed by atoms with Gasteiger partial charge in [-0.15, -0.1) is 0 Å². The quantitative estimate of drug-likeness (QED) is 0.802. The molecule has 0 fully saturated rings. The minimum absolute atomic E-state index is 0.0255. The van der Waals surface area contributed by atoms with Crippen LogP contribution in [0.1, 0.15) is 47.3 Å². The molecular weight excluding hydrogens is 300 g/mol. The molecule has 0 bridgehead atoms. The Morgan fingerprint density at radius 1 is 1.21 bits per heavy atom. The summed E-state index contributed by atoms with van der Waals surface area (Å²) in [4.78, 5) is 17.2. The third-order valence-corrected chi connectivity index (χ3v) is 3.88. The molecule has 0 radical (unpaired) electrons. The van der Waals surface area contributed by atoms with Gasteiger partial charge in [0.1, 0.15) is 5.75 Å². The Balaban J connectivity index is 1.91. The summed E-state index contributed by atoms with van der Waals surface area (Å²) in [7, 11) is 0. The molecule has 3 rings (SSSR count). The fraction of sp³-hybridized carbons (Fsp3) is 0.250. The summed E-state index contributed by atoms with van der Waals surface area (Å²) >= 11 is 0. The standard InChI is InChI=1S/C20H18N2O2/c1-13-4-9-16-17(22-20(2,3)24-19(16)10-13)11-18(23)15-7-5-14(12-21)6-8-15/h4-10H,11H2,1-3H3. The van der Waals surface area contributed by atoms with Crippen molar-refractivity contribution in [3.63, 3.8) is 0 Å². The van der Waals surface area contributed by atoms with E-state index in [0.717, 1.165) is 22.6 Å². The summed E-state index contributed by atoms with van der Waals surface area (Å²) in [6.07, 6.45) is 0.203. The van der Waals surface area contributed by atoms with E-state index in [1.165, 1.54) is 0 Å². The zero-order valence-corrected chi connectivity index (χ0v) is 14.0. The molecule has 0 N–H and O–H groups in total. The van der Waals surface area contributed by atoms with Crippen molar-refractivity contribution in [1.82, 2.24) is 0 Å². The van der Waals surface area contributed by atoms with Crippen molar-refractivity contribution in [2.24, 2.45) is 4.99 Å². The summed E-state index contributed by atoms with van der Waals surface area (Å²) in [6, 6.07) is 14.6. The molecule has 120 valence electrons. The minimum atomic E-state index is -0.693. The summed E-state index contributed by atoms with van der Waals surface area (Å²) in [5.41, 5.74) is 3.12. The van der Waals surface area contributed by atoms with Gasteiger partial charge in [0.25, 0.3) is 0 Å². The van der Waals surface area contributed by atoms with E-state index in [0.29, 0.717) is 11.1 Å². The number of benzene rings is 2. The number of carbonyl (C=O) groups excluding carboxylic acids is 1. The number of aliphatic imine (C=N–C) groups is 1. The van der Waals surface area contributed by atoms with E-state index < -0.39 is 5.72 Å². The van der Waals surface area contributed by atoms with Crippen LogP contribution in [0.2, 0.25) is 0 Å². The van der Waals surface area contributed by atoms with Crippen LogP contribution in [-0.4, -0.2) is 17.2 Å². The van der Waals surface area contributed by atoms with Crippen LogP contribution < -0.4 is 4.74 Å². The Hall–Kier alpha value is -2.93. The first-order chi connectivity index (χ1) is 11.4. The summed E-state index contributed by atoms with van der Waals surface area (Å²) in [6.45, 7) is 5.76. The van der Waals surface area contributed by atoms with Gasteiger partial charge < -0.3 is 4.74 Å². The van der Waals surface area contributed by atoms with Crippen LogP contribution in [0.15, 0.2) is 47.5 Å². The van der Waals surface area contributed by atoms with Gasteiger partial charge in [0.05, 0.1) is 23.8 Å². The summed E-state index contributed by atoms with van der Waals surface area (Å²) in [5, 5.41) is 8.85. The van der Waals surface area contributed by atoms with Crippen molar-refractivity contribution in [1.29, 1.82) is 5.26 Å². The molecule has 1 aliphatic rings. The third kappa shape index (κ3) is 3.21. The first-order valence-electron chi connectivity index (χ1n) is 7.80. The minimum Gasteiger partial charge on any atom is -0.466 e. The lowest BCUT2D eigenvalue weighted by Gasteiger charge is -2.30. The Morgan fingerprint density at radius 3 is 2.58 bits per heavy atom. The predicted molar refractivity (Wildman–Crippen MR) is 92.5 cm³/mol. The first kappa shape index (κ1) is 15.9. The molecule has 2 aromatic rings. The van der Waals surface area contributed by atoms with Crippen molar-refractivity contribution >= 4 is 11.5 Å². The molecule has 4 heteroatoms. The first-order valence-corrected chi connectivity index (χ1v) is 7.80. The largest absolute Gasteiger partial charge is 0.466 e. The van der Waals surface area contributed by atoms with Crippen LogP contribution >= 0.6 is 0 Å². The zero-order chi connectivity index (χ0) is 17.3. The number of Topliss-reactive ketones (excluding diaryl/α,β-unsaturated/α-hetero) is 1. The summed E-state index contributed by atoms with van der Waals surface area (Å²) in [5.74, 6) is 0.736. The Labute approximate surface area is 141 Å². The van der Waals surface area contributed by atoms with Gasteiger partial charge in [0, 0.05) is 11.1 Å². The Kier molecular flexibility index (Phi) is 3.94. The average molecular weight is 318 g/mol. The predicted octanol–water partition coefficient (Wildman–Crippen LogP) is 4.06. The van der Waals surface area contributed by atoms with Gasteiger partial charge in [0.15, 0.2) is 11.5 Å². The molecule has 4 nitrogen and oxygen atoms in total. The maximum absolute atomic E-state index is 12.6. The van der Waals surface area contributed by atoms with Crippen LogP contribution in [0.4, 0.5) is 0 Å². The number of nitrogens with zero attached hydrogens (tertiary/aromatic N) is 2. The SMILES string of the molecule is Cc1ccc2c(c1)OC(C)(C)N=C2CC(=O)c1ccc(C#N)cc1. The van der Waals surface area contributed by atoms with Crippen LogP contribution in [-0.2, 0) is 0 Å². The zero-order valence-electron chi connectivity index (χ0n) is 14.0. The van der Waals surface area contributed by atoms with Gasteiger partial charge >= 0.3 is 0 Å². The van der Waals surface area contributed by atoms with Gasteiger partial charge in [0.2, 0.25) is 0 Å². The lowest BCUT2D eigenvalue weighted by Crippen LogP contribution is -2.32. The fourth-order valence-corrected chi connectivity index (χ4v) is 2.75. The van der Waals surface area contributed by atoms with E-state index in [-0.39, 0.29) is 12.2 Å². The molecule has 2 aromatic carbocycles. The number of hydrogen-bond acceptors (Lipinski definition) is 4. The highest BCUT2D eigenvalue weighted by Crippen LogP contribution is 2.32. The molecule has 0 amide bonds. The van der Waals surface area contributed by atoms with Gasteiger partial charge in [-0.25, -0.2) is 4.99 Å². The molecule has 24 heavy (non-hydrogen) atoms. The fourth-order valence-electron chi connectivity index (χ4n) is 2.75. The number of rotatable bonds is 3. The van der Waals surface area contributed by atoms with Crippen LogP contribution in [0, 0.1) is 18.3 Å². The molecule has 0 atom stereocenters. The number of carbonyl (C=O) groups is 1. The molecule has 1 aliphatic heterocycles. The summed E-state index contributed by atoms with van der Waals surface area (Å²) < 4.78 is 5.91. The lowest BCUT2D eigenvalue weighted by atomic mass is 9.97. The highest BCUT2D eigenvalue weighted by Gasteiger charge is 2.29. The van der Waals surface area contributed by atoms with E-state index in [4.69, 9.17) is 10.00 Å². The molecule has 1 heterocycles. The van der Waals surface area contributed by atoms with Gasteiger partial charge in [-0.3, -0.25) is 4.79 Å². The van der Waals surface area contributed by atoms with Crippen molar-refractivity contribution in [3.8, 4) is 11.8 Å². The molecule has 0 saturated heterocycles. The van der Waals surface area contributed by atoms with E-state index in [9.17, 15) is 4.79 Å². The smallest absolute Gasteiger partial charge is 0.194 e. The number of ketones is 1. The van der Waals surface area contributed by atoms with E-state index in [1.54, 1.807) is 24.3 Å². The topological polar surface area (TPSA) is 62.4 Å². The highest BCUT2D eigenvalue weighted by molar-refractivity contribution is 6.17. The molecule has 0 saturated carbocycles. The van der Waals surface area contributed by atoms with Gasteiger partial charge in [-0.05, 0) is 50.6 Å². The average Bonchev–Trinajstić information content (AvgIpc) is 2.53. The maximum Gasteiger partial charge on any atom is 0.194 e. The molecule has 0 aromatic heterocycles. The lowest BCUT2D eigenvalue weighted by molar-refractivity contribution is 0.0994. The Bertz CT molecular complexity index is 872. The van der Waals surface area contributed by atoms with E-state index in [2.05, 4.69) is 11.1 Å². The van der Waals surface area contributed by atoms with Crippen molar-refractivity contribution in [2.45, 2.75) is 32.9 Å². The normalized spacial score (nSPS) is 14.8. The third-order valence-electron chi connectivity index (χ3n) is 3.88. The van der Waals surface area contributed by atoms with Gasteiger partial charge in [-0.2, -0.15) is 5.26 Å². The second-order valence-electron chi connectivity index (χ2n) is 6.40. The van der Waals surface area contributed by atoms with Gasteiger partial charge in [-0.1, -0.05) is 18.2 Å². The van der Waals surface area contributed by atoms with E-state index in [1.807, 2.05) is 39.0 Å². The molecular formula is C20H18N2O2. The monoisotopic (exact) mass is 318 g/mol. The number of nitriles is 1. The van der Waals surface area contributed by atoms with Crippen LogP contribution in [0.3, 0.4) is 0 Å². The van der Waals surface area contributed by atoms with Crippen LogP contribution in [0.25, 0.3) is 0 Å². The second-order valence-corrected chi connectivity index (χ2v) is 6.40. The number of hydrogen-bond donors (Lipinski definition) is 0. The van der Waals surface area contributed by atoms with Crippen molar-refractivity contribution in [3.05, 3.63) is 64.7 Å². The Morgan fingerprint density at radius 2 is 1.92 bits per heavy atom. The molecule has 0 aliphatic carbocycles. The number of aryl methyl sites for hydroxylation is 1. The molecule has 0 unspecified atom stereocenters. The van der Waals surface area contributed by atoms with Crippen LogP contribution in [0.5, 0.6) is 5.75 Å². The second kappa shape index (κ2) is 5.93. The molecule has 0 spiro atoms. The van der Waals surface area contributed by atoms with Crippen molar-refractivity contribution in [2.75, 3.05) is 0 Å². The highest BCUT2D eigenvalue weighted by atomic mass is 16.5. The van der Waals surface area contributed by atoms with Crippen molar-refractivity contribution < 1.29 is 9.53 Å². The van der Waals surface area contributed by atoms with E-state index >= 15 is 0 Å².